The van der Waals surface area contributed by atoms with Crippen molar-refractivity contribution in [2.24, 2.45) is 0 Å². The summed E-state index contributed by atoms with van der Waals surface area (Å²) < 4.78 is 0. The van der Waals surface area contributed by atoms with Crippen LogP contribution < -0.4 is 0 Å². The van der Waals surface area contributed by atoms with Crippen LogP contribution in [0, 0.1) is 0 Å². The molecule has 1 N–H and O–H groups in total. The van der Waals surface area contributed by atoms with Gasteiger partial charge in [0.1, 0.15) is 0 Å². The van der Waals surface area contributed by atoms with Gasteiger partial charge in [0.05, 0.1) is 6.61 Å². The summed E-state index contributed by atoms with van der Waals surface area (Å²) in [4.78, 5) is 0. The summed E-state index contributed by atoms with van der Waals surface area (Å²) in [6, 6.07) is 27.8. The van der Waals surface area contributed by atoms with Crippen LogP contribution in [0.15, 0.2) is 78.9 Å². The Morgan fingerprint density at radius 1 is 0.542 bits per heavy atom. The molecule has 0 atom stereocenters. The molecule has 0 aliphatic carbocycles. The highest BCUT2D eigenvalue weighted by Gasteiger charge is 2.13. The highest BCUT2D eigenvalue weighted by Crippen LogP contribution is 2.39. The third-order valence-corrected chi connectivity index (χ3v) is 5.01. The summed E-state index contributed by atoms with van der Waals surface area (Å²) in [5, 5.41) is 17.4. The van der Waals surface area contributed by atoms with Gasteiger partial charge in [-0.15, -0.1) is 0 Å². The Morgan fingerprint density at radius 3 is 2.00 bits per heavy atom. The van der Waals surface area contributed by atoms with E-state index in [0.717, 1.165) is 11.1 Å². The highest BCUT2D eigenvalue weighted by atomic mass is 16.3. The lowest BCUT2D eigenvalue weighted by atomic mass is 9.89. The summed E-state index contributed by atoms with van der Waals surface area (Å²) in [5.41, 5.74) is 3.26. The van der Waals surface area contributed by atoms with Gasteiger partial charge in [0, 0.05) is 0 Å². The van der Waals surface area contributed by atoms with Crippen LogP contribution in [0.5, 0.6) is 0 Å². The molecule has 24 heavy (non-hydrogen) atoms. The van der Waals surface area contributed by atoms with E-state index in [4.69, 9.17) is 0 Å². The Kier molecular flexibility index (Phi) is 2.85. The van der Waals surface area contributed by atoms with Gasteiger partial charge in [-0.1, -0.05) is 78.9 Å². The van der Waals surface area contributed by atoms with E-state index in [-0.39, 0.29) is 6.61 Å². The molecule has 0 unspecified atom stereocenters. The van der Waals surface area contributed by atoms with Gasteiger partial charge in [0.15, 0.2) is 0 Å². The van der Waals surface area contributed by atoms with Crippen LogP contribution in [-0.2, 0) is 6.61 Å². The second-order valence-corrected chi connectivity index (χ2v) is 6.28. The Hall–Kier alpha value is -2.90. The fourth-order valence-electron chi connectivity index (χ4n) is 3.89. The van der Waals surface area contributed by atoms with Crippen molar-refractivity contribution in [1.82, 2.24) is 0 Å². The lowest BCUT2D eigenvalue weighted by molar-refractivity contribution is 0.282. The number of rotatable bonds is 2. The van der Waals surface area contributed by atoms with E-state index >= 15 is 0 Å². The molecule has 0 radical (unpaired) electrons. The normalized spacial score (nSPS) is 11.7. The minimum absolute atomic E-state index is 0.0537. The fraction of sp³-hybridized carbons (Fsp3) is 0.0435. The highest BCUT2D eigenvalue weighted by molar-refractivity contribution is 6.25. The average molecular weight is 308 g/mol. The van der Waals surface area contributed by atoms with E-state index < -0.39 is 0 Å². The molecule has 0 saturated carbocycles. The van der Waals surface area contributed by atoms with Gasteiger partial charge >= 0.3 is 0 Å². The van der Waals surface area contributed by atoms with E-state index in [1.807, 2.05) is 18.2 Å². The summed E-state index contributed by atoms with van der Waals surface area (Å²) >= 11 is 0. The van der Waals surface area contributed by atoms with E-state index in [1.54, 1.807) is 0 Å². The van der Waals surface area contributed by atoms with Crippen LogP contribution >= 0.6 is 0 Å². The smallest absolute Gasteiger partial charge is 0.0687 e. The number of hydrogen-bond acceptors (Lipinski definition) is 1. The van der Waals surface area contributed by atoms with Crippen molar-refractivity contribution in [3.63, 3.8) is 0 Å². The topological polar surface area (TPSA) is 20.2 Å². The van der Waals surface area contributed by atoms with Gasteiger partial charge in [0.25, 0.3) is 0 Å². The third-order valence-electron chi connectivity index (χ3n) is 5.01. The largest absolute Gasteiger partial charge is 0.392 e. The van der Waals surface area contributed by atoms with Gasteiger partial charge < -0.3 is 5.11 Å². The zero-order chi connectivity index (χ0) is 16.1. The van der Waals surface area contributed by atoms with E-state index in [1.165, 1.54) is 37.9 Å². The third kappa shape index (κ3) is 1.79. The molecule has 0 fully saturated rings. The Balaban J connectivity index is 1.98. The van der Waals surface area contributed by atoms with Crippen molar-refractivity contribution in [1.29, 1.82) is 0 Å². The van der Waals surface area contributed by atoms with Crippen molar-refractivity contribution in [3.05, 3.63) is 84.4 Å². The Labute approximate surface area is 140 Å². The Morgan fingerprint density at radius 2 is 1.21 bits per heavy atom. The molecule has 5 aromatic rings. The van der Waals surface area contributed by atoms with E-state index in [9.17, 15) is 5.11 Å². The van der Waals surface area contributed by atoms with Crippen LogP contribution in [0.3, 0.4) is 0 Å². The van der Waals surface area contributed by atoms with Crippen molar-refractivity contribution in [2.45, 2.75) is 6.61 Å². The maximum Gasteiger partial charge on any atom is 0.0687 e. The van der Waals surface area contributed by atoms with Gasteiger partial charge in [-0.2, -0.15) is 0 Å². The summed E-state index contributed by atoms with van der Waals surface area (Å²) in [6.07, 6.45) is 0. The van der Waals surface area contributed by atoms with E-state index in [0.29, 0.717) is 0 Å². The number of benzene rings is 5. The molecule has 0 amide bonds. The van der Waals surface area contributed by atoms with Gasteiger partial charge in [-0.05, 0) is 49.0 Å². The van der Waals surface area contributed by atoms with Crippen LogP contribution in [-0.4, -0.2) is 5.11 Å². The fourth-order valence-corrected chi connectivity index (χ4v) is 3.89. The summed E-state index contributed by atoms with van der Waals surface area (Å²) in [5.74, 6) is 0. The first-order valence-electron chi connectivity index (χ1n) is 8.22. The minimum atomic E-state index is 0.0537. The number of aliphatic hydroxyl groups excluding tert-OH is 1. The molecule has 0 heterocycles. The molecule has 0 aromatic heterocycles. The van der Waals surface area contributed by atoms with Crippen molar-refractivity contribution in [2.75, 3.05) is 0 Å². The zero-order valence-electron chi connectivity index (χ0n) is 13.2. The quantitative estimate of drug-likeness (QED) is 0.412. The van der Waals surface area contributed by atoms with Crippen LogP contribution in [0.4, 0.5) is 0 Å². The zero-order valence-corrected chi connectivity index (χ0v) is 13.2. The van der Waals surface area contributed by atoms with Crippen molar-refractivity contribution < 1.29 is 5.11 Å². The first-order valence-corrected chi connectivity index (χ1v) is 8.22. The number of aliphatic hydroxyl groups is 1. The standard InChI is InChI=1S/C23H16O/c24-14-18-4-1-2-7-19(18)20-12-10-17-9-8-15-5-3-6-16-11-13-21(20)23(17)22(15)16/h1-13,24H,14H2. The average Bonchev–Trinajstić information content (AvgIpc) is 2.66. The molecule has 114 valence electrons. The molecule has 1 nitrogen and oxygen atoms in total. The van der Waals surface area contributed by atoms with Crippen LogP contribution in [0.1, 0.15) is 5.56 Å². The molecule has 1 heteroatoms. The first kappa shape index (κ1) is 13.5. The summed E-state index contributed by atoms with van der Waals surface area (Å²) in [6.45, 7) is 0.0537. The second-order valence-electron chi connectivity index (χ2n) is 6.28. The monoisotopic (exact) mass is 308 g/mol. The van der Waals surface area contributed by atoms with Gasteiger partial charge in [-0.3, -0.25) is 0 Å². The predicted molar refractivity (Wildman–Crippen MR) is 102 cm³/mol. The lowest BCUT2D eigenvalue weighted by Gasteiger charge is -2.15. The summed E-state index contributed by atoms with van der Waals surface area (Å²) in [7, 11) is 0. The lowest BCUT2D eigenvalue weighted by Crippen LogP contribution is -1.91. The van der Waals surface area contributed by atoms with Crippen LogP contribution in [0.2, 0.25) is 0 Å². The molecule has 0 aliphatic rings. The molecule has 0 saturated heterocycles. The van der Waals surface area contributed by atoms with Crippen LogP contribution in [0.25, 0.3) is 43.4 Å². The maximum atomic E-state index is 9.72. The van der Waals surface area contributed by atoms with Crippen molar-refractivity contribution >= 4 is 32.3 Å². The minimum Gasteiger partial charge on any atom is -0.392 e. The van der Waals surface area contributed by atoms with Crippen molar-refractivity contribution in [3.8, 4) is 11.1 Å². The predicted octanol–water partition coefficient (Wildman–Crippen LogP) is 5.74. The SMILES string of the molecule is OCc1ccccc1-c1ccc2ccc3cccc4ccc1c2c34. The van der Waals surface area contributed by atoms with Gasteiger partial charge in [-0.25, -0.2) is 0 Å². The first-order chi connectivity index (χ1) is 11.9. The maximum absolute atomic E-state index is 9.72. The molecule has 5 aromatic carbocycles. The molecule has 0 aliphatic heterocycles. The molecule has 5 rings (SSSR count). The Bertz CT molecular complexity index is 1170. The van der Waals surface area contributed by atoms with E-state index in [2.05, 4.69) is 60.7 Å². The molecule has 0 spiro atoms. The second kappa shape index (κ2) is 5.05. The molecular formula is C23H16O. The number of hydrogen-bond donors (Lipinski definition) is 1. The molecular weight excluding hydrogens is 292 g/mol. The molecule has 0 bridgehead atoms. The van der Waals surface area contributed by atoms with Gasteiger partial charge in [0.2, 0.25) is 0 Å².